The van der Waals surface area contributed by atoms with Gasteiger partial charge in [-0.1, -0.05) is 95.6 Å². The standard InChI is InChI=1S/C6H4Br6O/c7-1-3(9)5(11)13-6(12)4(10)2-8/h1-2,5-6H. The molecule has 0 aliphatic heterocycles. The molecule has 0 spiro atoms. The molecule has 2 unspecified atom stereocenters. The molecule has 2 atom stereocenters. The Kier molecular flexibility index (Phi) is 9.98. The zero-order valence-corrected chi connectivity index (χ0v) is 15.5. The van der Waals surface area contributed by atoms with Gasteiger partial charge < -0.3 is 4.74 Å². The van der Waals surface area contributed by atoms with Crippen LogP contribution in [0.5, 0.6) is 0 Å². The van der Waals surface area contributed by atoms with E-state index in [9.17, 15) is 0 Å². The van der Waals surface area contributed by atoms with Gasteiger partial charge in [-0.3, -0.25) is 0 Å². The number of rotatable bonds is 4. The smallest absolute Gasteiger partial charge is 0.146 e. The van der Waals surface area contributed by atoms with Crippen molar-refractivity contribution in [2.75, 3.05) is 0 Å². The van der Waals surface area contributed by atoms with Crippen molar-refractivity contribution < 1.29 is 4.74 Å². The Bertz CT molecular complexity index is 191. The van der Waals surface area contributed by atoms with Crippen molar-refractivity contribution in [1.29, 1.82) is 0 Å². The third-order valence-electron chi connectivity index (χ3n) is 0.881. The minimum absolute atomic E-state index is 0.198. The Hall–Kier alpha value is 2.32. The van der Waals surface area contributed by atoms with Crippen molar-refractivity contribution in [3.05, 3.63) is 18.9 Å². The lowest BCUT2D eigenvalue weighted by atomic mass is 10.6. The summed E-state index contributed by atoms with van der Waals surface area (Å²) in [7, 11) is 0. The maximum absolute atomic E-state index is 5.50. The minimum atomic E-state index is -0.198. The molecular weight excluding hydrogens is 567 g/mol. The van der Waals surface area contributed by atoms with Gasteiger partial charge in [-0.2, -0.15) is 0 Å². The van der Waals surface area contributed by atoms with Crippen LogP contribution < -0.4 is 0 Å². The van der Waals surface area contributed by atoms with Crippen molar-refractivity contribution in [2.45, 2.75) is 10.0 Å². The van der Waals surface area contributed by atoms with Crippen LogP contribution in [0.15, 0.2) is 18.9 Å². The fourth-order valence-electron chi connectivity index (χ4n) is 0.334. The summed E-state index contributed by atoms with van der Waals surface area (Å²) in [4.78, 5) is 3.47. The predicted octanol–water partition coefficient (Wildman–Crippen LogP) is 5.71. The number of halogens is 6. The van der Waals surface area contributed by atoms with E-state index in [4.69, 9.17) is 4.74 Å². The van der Waals surface area contributed by atoms with Crippen LogP contribution in [-0.4, -0.2) is 10.0 Å². The van der Waals surface area contributed by atoms with E-state index >= 15 is 0 Å². The van der Waals surface area contributed by atoms with Crippen LogP contribution in [0.25, 0.3) is 0 Å². The second kappa shape index (κ2) is 8.47. The maximum atomic E-state index is 5.50. The molecule has 0 radical (unpaired) electrons. The summed E-state index contributed by atoms with van der Waals surface area (Å²) in [5.41, 5.74) is 0. The van der Waals surface area contributed by atoms with E-state index in [1.165, 1.54) is 0 Å². The second-order valence-corrected chi connectivity index (χ2v) is 6.17. The first-order valence-electron chi connectivity index (χ1n) is 2.88. The molecule has 0 saturated carbocycles. The molecule has 0 rings (SSSR count). The SMILES string of the molecule is BrC=C(Br)C(Br)OC(Br)C(Br)=CBr. The lowest BCUT2D eigenvalue weighted by Gasteiger charge is -2.15. The summed E-state index contributed by atoms with van der Waals surface area (Å²) in [5.74, 6) is 0. The summed E-state index contributed by atoms with van der Waals surface area (Å²) in [5, 5.41) is -0.396. The van der Waals surface area contributed by atoms with Crippen LogP contribution in [0, 0.1) is 0 Å². The van der Waals surface area contributed by atoms with Gasteiger partial charge in [0.05, 0.1) is 0 Å². The molecule has 0 bridgehead atoms. The number of hydrogen-bond acceptors (Lipinski definition) is 1. The van der Waals surface area contributed by atoms with E-state index in [0.717, 1.165) is 8.96 Å². The fourth-order valence-corrected chi connectivity index (χ4v) is 2.72. The molecule has 1 nitrogen and oxygen atoms in total. The van der Waals surface area contributed by atoms with Crippen molar-refractivity contribution in [3.8, 4) is 0 Å². The number of ether oxygens (including phenoxy) is 1. The van der Waals surface area contributed by atoms with Crippen molar-refractivity contribution in [2.24, 2.45) is 0 Å². The summed E-state index contributed by atoms with van der Waals surface area (Å²) in [6, 6.07) is 0. The van der Waals surface area contributed by atoms with Crippen LogP contribution in [0.3, 0.4) is 0 Å². The summed E-state index contributed by atoms with van der Waals surface area (Å²) in [6.07, 6.45) is 0. The van der Waals surface area contributed by atoms with Crippen LogP contribution in [-0.2, 0) is 4.74 Å². The van der Waals surface area contributed by atoms with Gasteiger partial charge in [-0.15, -0.1) is 0 Å². The molecule has 0 aromatic rings. The average molecular weight is 572 g/mol. The van der Waals surface area contributed by atoms with Gasteiger partial charge >= 0.3 is 0 Å². The van der Waals surface area contributed by atoms with Gasteiger partial charge in [0.15, 0.2) is 0 Å². The van der Waals surface area contributed by atoms with Gasteiger partial charge in [0.1, 0.15) is 10.0 Å². The lowest BCUT2D eigenvalue weighted by Crippen LogP contribution is -2.12. The average Bonchev–Trinajstić information content (AvgIpc) is 2.14. The first-order chi connectivity index (χ1) is 6.02. The Labute approximate surface area is 128 Å². The first kappa shape index (κ1) is 15.3. The van der Waals surface area contributed by atoms with Crippen molar-refractivity contribution >= 4 is 95.6 Å². The summed E-state index contributed by atoms with van der Waals surface area (Å²) >= 11 is 19.7. The van der Waals surface area contributed by atoms with Crippen LogP contribution in [0.4, 0.5) is 0 Å². The van der Waals surface area contributed by atoms with Gasteiger partial charge in [-0.25, -0.2) is 0 Å². The molecule has 7 heteroatoms. The van der Waals surface area contributed by atoms with Crippen LogP contribution >= 0.6 is 95.6 Å². The largest absolute Gasteiger partial charge is 0.342 e. The molecule has 0 heterocycles. The Morgan fingerprint density at radius 1 is 0.923 bits per heavy atom. The molecule has 0 amide bonds. The lowest BCUT2D eigenvalue weighted by molar-refractivity contribution is 0.152. The molecular formula is C6H4Br6O. The van der Waals surface area contributed by atoms with E-state index in [0.29, 0.717) is 0 Å². The fraction of sp³-hybridized carbons (Fsp3) is 0.333. The topological polar surface area (TPSA) is 9.23 Å². The molecule has 13 heavy (non-hydrogen) atoms. The number of hydrogen-bond donors (Lipinski definition) is 0. The van der Waals surface area contributed by atoms with E-state index in [1.54, 1.807) is 9.97 Å². The molecule has 0 fully saturated rings. The maximum Gasteiger partial charge on any atom is 0.146 e. The van der Waals surface area contributed by atoms with Gasteiger partial charge in [-0.05, 0) is 9.97 Å². The van der Waals surface area contributed by atoms with Crippen molar-refractivity contribution in [1.82, 2.24) is 0 Å². The highest BCUT2D eigenvalue weighted by Gasteiger charge is 2.15. The minimum Gasteiger partial charge on any atom is -0.342 e. The quantitative estimate of drug-likeness (QED) is 0.393. The molecule has 0 aliphatic rings. The van der Waals surface area contributed by atoms with Gasteiger partial charge in [0, 0.05) is 8.96 Å². The van der Waals surface area contributed by atoms with E-state index in [1.807, 2.05) is 0 Å². The second-order valence-electron chi connectivity index (χ2n) is 1.76. The zero-order valence-electron chi connectivity index (χ0n) is 5.99. The van der Waals surface area contributed by atoms with Gasteiger partial charge in [0.25, 0.3) is 0 Å². The van der Waals surface area contributed by atoms with Crippen molar-refractivity contribution in [3.63, 3.8) is 0 Å². The molecule has 0 saturated heterocycles. The molecule has 76 valence electrons. The summed E-state index contributed by atoms with van der Waals surface area (Å²) in [6.45, 7) is 0. The summed E-state index contributed by atoms with van der Waals surface area (Å²) < 4.78 is 7.23. The normalized spacial score (nSPS) is 18.6. The Morgan fingerprint density at radius 2 is 1.23 bits per heavy atom. The highest BCUT2D eigenvalue weighted by Crippen LogP contribution is 2.29. The van der Waals surface area contributed by atoms with E-state index in [2.05, 4.69) is 95.6 Å². The molecule has 0 aliphatic carbocycles. The highest BCUT2D eigenvalue weighted by atomic mass is 79.9. The van der Waals surface area contributed by atoms with E-state index < -0.39 is 0 Å². The number of alkyl halides is 2. The highest BCUT2D eigenvalue weighted by molar-refractivity contribution is 9.15. The first-order valence-corrected chi connectivity index (χ1v) is 8.13. The Balaban J connectivity index is 4.14. The molecule has 0 aromatic carbocycles. The molecule has 0 aromatic heterocycles. The monoisotopic (exact) mass is 566 g/mol. The zero-order chi connectivity index (χ0) is 10.4. The van der Waals surface area contributed by atoms with Crippen LogP contribution in [0.2, 0.25) is 0 Å². The van der Waals surface area contributed by atoms with Gasteiger partial charge in [0.2, 0.25) is 0 Å². The third-order valence-corrected chi connectivity index (χ3v) is 7.03. The molecule has 0 N–H and O–H groups in total. The third kappa shape index (κ3) is 6.48. The Morgan fingerprint density at radius 3 is 1.46 bits per heavy atom. The predicted molar refractivity (Wildman–Crippen MR) is 78.4 cm³/mol. The van der Waals surface area contributed by atoms with Crippen LogP contribution in [0.1, 0.15) is 0 Å². The van der Waals surface area contributed by atoms with E-state index in [-0.39, 0.29) is 10.0 Å².